The second-order valence-corrected chi connectivity index (χ2v) is 6.73. The third kappa shape index (κ3) is 4.86. The summed E-state index contributed by atoms with van der Waals surface area (Å²) in [5.41, 5.74) is 1.70. The van der Waals surface area contributed by atoms with Crippen molar-refractivity contribution in [3.8, 4) is 0 Å². The van der Waals surface area contributed by atoms with Crippen LogP contribution in [-0.4, -0.2) is 28.8 Å². The van der Waals surface area contributed by atoms with Crippen molar-refractivity contribution in [2.75, 3.05) is 0 Å². The molecule has 140 valence electrons. The topological polar surface area (TPSA) is 78.5 Å². The number of hydrogen-bond donors (Lipinski definition) is 2. The van der Waals surface area contributed by atoms with Gasteiger partial charge in [0, 0.05) is 18.0 Å². The Morgan fingerprint density at radius 3 is 2.52 bits per heavy atom. The summed E-state index contributed by atoms with van der Waals surface area (Å²) in [4.78, 5) is 37.8. The number of hydrogen-bond acceptors (Lipinski definition) is 3. The fourth-order valence-corrected chi connectivity index (χ4v) is 3.09. The summed E-state index contributed by atoms with van der Waals surface area (Å²) in [5, 5.41) is 6.02. The van der Waals surface area contributed by atoms with Gasteiger partial charge in [0.1, 0.15) is 6.04 Å². The lowest BCUT2D eigenvalue weighted by Gasteiger charge is -2.13. The number of imide groups is 1. The summed E-state index contributed by atoms with van der Waals surface area (Å²) in [6.07, 6.45) is 0.393. The monoisotopic (exact) mass is 385 g/mol. The van der Waals surface area contributed by atoms with Crippen molar-refractivity contribution in [2.45, 2.75) is 32.0 Å². The Hall–Kier alpha value is -2.86. The van der Waals surface area contributed by atoms with Crippen molar-refractivity contribution in [2.24, 2.45) is 0 Å². The van der Waals surface area contributed by atoms with Crippen LogP contribution < -0.4 is 10.6 Å². The maximum Gasteiger partial charge on any atom is 0.325 e. The molecule has 27 heavy (non-hydrogen) atoms. The van der Waals surface area contributed by atoms with Gasteiger partial charge in [-0.1, -0.05) is 60.1 Å². The van der Waals surface area contributed by atoms with Crippen LogP contribution in [0.4, 0.5) is 4.79 Å². The molecule has 0 radical (unpaired) electrons. The number of carbonyl (C=O) groups excluding carboxylic acids is 3. The molecule has 2 aromatic carbocycles. The molecule has 0 spiro atoms. The highest BCUT2D eigenvalue weighted by molar-refractivity contribution is 6.31. The molecule has 3 rings (SSSR count). The SMILES string of the molecule is O=C(CCC1NC(=O)N(Cc2ccccc2)C1=O)NCc1ccccc1Cl. The normalized spacial score (nSPS) is 16.3. The zero-order chi connectivity index (χ0) is 19.2. The number of benzene rings is 2. The first-order valence-electron chi connectivity index (χ1n) is 8.70. The van der Waals surface area contributed by atoms with E-state index in [1.807, 2.05) is 48.5 Å². The lowest BCUT2D eigenvalue weighted by molar-refractivity contribution is -0.128. The lowest BCUT2D eigenvalue weighted by atomic mass is 10.1. The van der Waals surface area contributed by atoms with Gasteiger partial charge in [0.05, 0.1) is 6.54 Å². The minimum Gasteiger partial charge on any atom is -0.352 e. The summed E-state index contributed by atoms with van der Waals surface area (Å²) in [6, 6.07) is 15.5. The van der Waals surface area contributed by atoms with E-state index in [0.717, 1.165) is 11.1 Å². The number of rotatable bonds is 7. The predicted octanol–water partition coefficient (Wildman–Crippen LogP) is 2.86. The fraction of sp³-hybridized carbons (Fsp3) is 0.250. The summed E-state index contributed by atoms with van der Waals surface area (Å²) < 4.78 is 0. The van der Waals surface area contributed by atoms with E-state index in [1.165, 1.54) is 4.90 Å². The third-order valence-electron chi connectivity index (χ3n) is 4.38. The van der Waals surface area contributed by atoms with E-state index in [2.05, 4.69) is 10.6 Å². The minimum atomic E-state index is -0.674. The maximum absolute atomic E-state index is 12.5. The van der Waals surface area contributed by atoms with Crippen molar-refractivity contribution in [1.82, 2.24) is 15.5 Å². The second-order valence-electron chi connectivity index (χ2n) is 6.32. The minimum absolute atomic E-state index is 0.139. The molecule has 0 aromatic heterocycles. The fourth-order valence-electron chi connectivity index (χ4n) is 2.89. The summed E-state index contributed by atoms with van der Waals surface area (Å²) in [7, 11) is 0. The average molecular weight is 386 g/mol. The molecule has 0 bridgehead atoms. The molecule has 0 aliphatic carbocycles. The molecule has 6 nitrogen and oxygen atoms in total. The molecule has 1 aliphatic heterocycles. The third-order valence-corrected chi connectivity index (χ3v) is 4.75. The first-order valence-corrected chi connectivity index (χ1v) is 9.08. The summed E-state index contributed by atoms with van der Waals surface area (Å²) in [5.74, 6) is -0.499. The maximum atomic E-state index is 12.5. The predicted molar refractivity (Wildman–Crippen MR) is 102 cm³/mol. The number of nitrogens with one attached hydrogen (secondary N) is 2. The highest BCUT2D eigenvalue weighted by Gasteiger charge is 2.37. The van der Waals surface area contributed by atoms with E-state index in [-0.39, 0.29) is 31.2 Å². The highest BCUT2D eigenvalue weighted by Crippen LogP contribution is 2.16. The molecule has 2 aromatic rings. The molecule has 1 heterocycles. The van der Waals surface area contributed by atoms with Crippen molar-refractivity contribution < 1.29 is 14.4 Å². The average Bonchev–Trinajstić information content (AvgIpc) is 2.94. The van der Waals surface area contributed by atoms with Crippen LogP contribution in [-0.2, 0) is 22.7 Å². The number of carbonyl (C=O) groups is 3. The van der Waals surface area contributed by atoms with Gasteiger partial charge in [-0.2, -0.15) is 0 Å². The Bertz CT molecular complexity index is 841. The Morgan fingerprint density at radius 2 is 1.78 bits per heavy atom. The molecule has 4 amide bonds. The first-order chi connectivity index (χ1) is 13.0. The van der Waals surface area contributed by atoms with Gasteiger partial charge in [0.25, 0.3) is 5.91 Å². The van der Waals surface area contributed by atoms with Gasteiger partial charge in [-0.15, -0.1) is 0 Å². The number of amides is 4. The Labute approximate surface area is 162 Å². The van der Waals surface area contributed by atoms with Crippen LogP contribution in [0.2, 0.25) is 5.02 Å². The van der Waals surface area contributed by atoms with Crippen molar-refractivity contribution in [3.05, 3.63) is 70.7 Å². The Morgan fingerprint density at radius 1 is 1.07 bits per heavy atom. The van der Waals surface area contributed by atoms with E-state index in [1.54, 1.807) is 6.07 Å². The molecule has 1 aliphatic rings. The van der Waals surface area contributed by atoms with Gasteiger partial charge in [-0.25, -0.2) is 4.79 Å². The highest BCUT2D eigenvalue weighted by atomic mass is 35.5. The van der Waals surface area contributed by atoms with Crippen molar-refractivity contribution in [3.63, 3.8) is 0 Å². The van der Waals surface area contributed by atoms with Crippen LogP contribution in [0.25, 0.3) is 0 Å². The lowest BCUT2D eigenvalue weighted by Crippen LogP contribution is -2.32. The van der Waals surface area contributed by atoms with Crippen LogP contribution in [0.15, 0.2) is 54.6 Å². The molecule has 1 saturated heterocycles. The summed E-state index contributed by atoms with van der Waals surface area (Å²) >= 11 is 6.06. The summed E-state index contributed by atoms with van der Waals surface area (Å²) in [6.45, 7) is 0.546. The van der Waals surface area contributed by atoms with Gasteiger partial charge in [-0.3, -0.25) is 14.5 Å². The van der Waals surface area contributed by atoms with Gasteiger partial charge < -0.3 is 10.6 Å². The molecule has 1 unspecified atom stereocenters. The van der Waals surface area contributed by atoms with E-state index >= 15 is 0 Å². The van der Waals surface area contributed by atoms with Gasteiger partial charge in [0.15, 0.2) is 0 Å². The van der Waals surface area contributed by atoms with E-state index in [4.69, 9.17) is 11.6 Å². The number of urea groups is 1. The molecule has 1 atom stereocenters. The van der Waals surface area contributed by atoms with Crippen LogP contribution in [0.5, 0.6) is 0 Å². The Balaban J connectivity index is 1.48. The molecule has 0 saturated carbocycles. The molecule has 1 fully saturated rings. The van der Waals surface area contributed by atoms with E-state index in [0.29, 0.717) is 11.6 Å². The largest absolute Gasteiger partial charge is 0.352 e. The molecular weight excluding hydrogens is 366 g/mol. The van der Waals surface area contributed by atoms with Crippen molar-refractivity contribution >= 4 is 29.4 Å². The van der Waals surface area contributed by atoms with E-state index in [9.17, 15) is 14.4 Å². The Kier molecular flexibility index (Phi) is 6.08. The smallest absolute Gasteiger partial charge is 0.325 e. The number of halogens is 1. The molecule has 2 N–H and O–H groups in total. The quantitative estimate of drug-likeness (QED) is 0.719. The zero-order valence-corrected chi connectivity index (χ0v) is 15.4. The van der Waals surface area contributed by atoms with Gasteiger partial charge >= 0.3 is 6.03 Å². The van der Waals surface area contributed by atoms with Crippen molar-refractivity contribution in [1.29, 1.82) is 0 Å². The van der Waals surface area contributed by atoms with Gasteiger partial charge in [-0.05, 0) is 23.6 Å². The van der Waals surface area contributed by atoms with Crippen LogP contribution in [0.1, 0.15) is 24.0 Å². The van der Waals surface area contributed by atoms with Gasteiger partial charge in [0.2, 0.25) is 5.91 Å². The van der Waals surface area contributed by atoms with Crippen LogP contribution in [0, 0.1) is 0 Å². The van der Waals surface area contributed by atoms with E-state index < -0.39 is 12.1 Å². The molecular formula is C20H20ClN3O3. The van der Waals surface area contributed by atoms with Crippen LogP contribution in [0.3, 0.4) is 0 Å². The molecule has 7 heteroatoms. The van der Waals surface area contributed by atoms with Crippen LogP contribution >= 0.6 is 11.6 Å². The first kappa shape index (κ1) is 18.9. The number of nitrogens with zero attached hydrogens (tertiary/aromatic N) is 1. The zero-order valence-electron chi connectivity index (χ0n) is 14.7. The second kappa shape index (κ2) is 8.68. The standard InChI is InChI=1S/C20H20ClN3O3/c21-16-9-5-4-8-15(16)12-22-18(25)11-10-17-19(26)24(20(27)23-17)13-14-6-2-1-3-7-14/h1-9,17H,10-13H2,(H,22,25)(H,23,27).